The van der Waals surface area contributed by atoms with Crippen LogP contribution >= 0.6 is 15.9 Å². The first kappa shape index (κ1) is 17.0. The number of aryl methyl sites for hydroxylation is 1. The predicted molar refractivity (Wildman–Crippen MR) is 91.7 cm³/mol. The molecule has 1 aliphatic rings. The number of nitrogens with zero attached hydrogens (tertiary/aromatic N) is 1. The molecule has 0 aliphatic carbocycles. The van der Waals surface area contributed by atoms with E-state index in [1.165, 1.54) is 0 Å². The minimum Gasteiger partial charge on any atom is -0.342 e. The number of anilines is 1. The van der Waals surface area contributed by atoms with Crippen molar-refractivity contribution >= 4 is 33.4 Å². The number of hydrogen-bond acceptors (Lipinski definition) is 2. The van der Waals surface area contributed by atoms with E-state index in [9.17, 15) is 9.59 Å². The molecule has 0 radical (unpaired) electrons. The van der Waals surface area contributed by atoms with Crippen molar-refractivity contribution in [1.29, 1.82) is 0 Å². The number of halogens is 1. The zero-order valence-corrected chi connectivity index (χ0v) is 14.9. The van der Waals surface area contributed by atoms with Gasteiger partial charge in [-0.2, -0.15) is 0 Å². The van der Waals surface area contributed by atoms with E-state index in [4.69, 9.17) is 0 Å². The Bertz CT molecular complexity index is 572. The highest BCUT2D eigenvalue weighted by molar-refractivity contribution is 9.10. The second-order valence-electron chi connectivity index (χ2n) is 6.40. The molecule has 0 saturated carbocycles. The standard InChI is InChI=1S/C17H23BrN2O2/c1-11(2)6-7-20-10-13(9-16(20)21)17(22)19-15-5-4-12(3)8-14(15)18/h4-5,8,11,13H,6-7,9-10H2,1-3H3,(H,19,22). The predicted octanol–water partition coefficient (Wildman–Crippen LogP) is 3.59. The molecular weight excluding hydrogens is 344 g/mol. The first-order valence-electron chi connectivity index (χ1n) is 7.71. The molecule has 120 valence electrons. The fourth-order valence-electron chi connectivity index (χ4n) is 2.53. The van der Waals surface area contributed by atoms with Gasteiger partial charge in [-0.3, -0.25) is 9.59 Å². The number of nitrogens with one attached hydrogen (secondary N) is 1. The van der Waals surface area contributed by atoms with Crippen LogP contribution in [0.4, 0.5) is 5.69 Å². The first-order valence-corrected chi connectivity index (χ1v) is 8.51. The van der Waals surface area contributed by atoms with Gasteiger partial charge in [0.15, 0.2) is 0 Å². The molecule has 1 atom stereocenters. The second-order valence-corrected chi connectivity index (χ2v) is 7.25. The maximum absolute atomic E-state index is 12.4. The zero-order chi connectivity index (χ0) is 16.3. The Morgan fingerprint density at radius 1 is 1.45 bits per heavy atom. The van der Waals surface area contributed by atoms with Crippen LogP contribution in [0.15, 0.2) is 22.7 Å². The van der Waals surface area contributed by atoms with Crippen molar-refractivity contribution in [3.63, 3.8) is 0 Å². The highest BCUT2D eigenvalue weighted by atomic mass is 79.9. The van der Waals surface area contributed by atoms with Crippen molar-refractivity contribution in [2.75, 3.05) is 18.4 Å². The van der Waals surface area contributed by atoms with Gasteiger partial charge in [0, 0.05) is 24.0 Å². The molecule has 2 amide bonds. The number of likely N-dealkylation sites (tertiary alicyclic amines) is 1. The van der Waals surface area contributed by atoms with E-state index in [2.05, 4.69) is 35.1 Å². The number of hydrogen-bond donors (Lipinski definition) is 1. The zero-order valence-electron chi connectivity index (χ0n) is 13.4. The molecule has 1 unspecified atom stereocenters. The Hall–Kier alpha value is -1.36. The normalized spacial score (nSPS) is 18.1. The molecule has 1 aromatic rings. The van der Waals surface area contributed by atoms with Crippen LogP contribution in [-0.2, 0) is 9.59 Å². The Kier molecular flexibility index (Phi) is 5.62. The summed E-state index contributed by atoms with van der Waals surface area (Å²) in [6, 6.07) is 5.80. The highest BCUT2D eigenvalue weighted by Gasteiger charge is 2.34. The number of amides is 2. The maximum Gasteiger partial charge on any atom is 0.229 e. The number of carbonyl (C=O) groups excluding carboxylic acids is 2. The average Bonchev–Trinajstić information content (AvgIpc) is 2.81. The van der Waals surface area contributed by atoms with E-state index in [1.807, 2.05) is 30.0 Å². The van der Waals surface area contributed by atoms with Crippen molar-refractivity contribution in [3.8, 4) is 0 Å². The molecule has 1 saturated heterocycles. The minimum atomic E-state index is -0.257. The third-order valence-electron chi connectivity index (χ3n) is 3.94. The molecule has 1 fully saturated rings. The van der Waals surface area contributed by atoms with Crippen molar-refractivity contribution < 1.29 is 9.59 Å². The highest BCUT2D eigenvalue weighted by Crippen LogP contribution is 2.26. The van der Waals surface area contributed by atoms with E-state index in [0.29, 0.717) is 18.9 Å². The SMILES string of the molecule is Cc1ccc(NC(=O)C2CC(=O)N(CCC(C)C)C2)c(Br)c1. The van der Waals surface area contributed by atoms with Crippen molar-refractivity contribution in [3.05, 3.63) is 28.2 Å². The fraction of sp³-hybridized carbons (Fsp3) is 0.529. The van der Waals surface area contributed by atoms with E-state index < -0.39 is 0 Å². The van der Waals surface area contributed by atoms with Crippen LogP contribution in [0.3, 0.4) is 0 Å². The largest absolute Gasteiger partial charge is 0.342 e. The lowest BCUT2D eigenvalue weighted by Crippen LogP contribution is -2.29. The molecule has 22 heavy (non-hydrogen) atoms. The van der Waals surface area contributed by atoms with Crippen LogP contribution in [-0.4, -0.2) is 29.8 Å². The van der Waals surface area contributed by atoms with Crippen LogP contribution in [0, 0.1) is 18.8 Å². The van der Waals surface area contributed by atoms with Crippen LogP contribution < -0.4 is 5.32 Å². The maximum atomic E-state index is 12.4. The Labute approximate surface area is 140 Å². The monoisotopic (exact) mass is 366 g/mol. The van der Waals surface area contributed by atoms with Crippen molar-refractivity contribution in [2.45, 2.75) is 33.6 Å². The van der Waals surface area contributed by atoms with Gasteiger partial charge in [0.1, 0.15) is 0 Å². The van der Waals surface area contributed by atoms with E-state index in [1.54, 1.807) is 0 Å². The molecule has 5 heteroatoms. The van der Waals surface area contributed by atoms with Gasteiger partial charge in [0.05, 0.1) is 11.6 Å². The lowest BCUT2D eigenvalue weighted by atomic mass is 10.1. The van der Waals surface area contributed by atoms with Gasteiger partial charge >= 0.3 is 0 Å². The van der Waals surface area contributed by atoms with Gasteiger partial charge < -0.3 is 10.2 Å². The summed E-state index contributed by atoms with van der Waals surface area (Å²) in [5.41, 5.74) is 1.88. The van der Waals surface area contributed by atoms with Crippen molar-refractivity contribution in [1.82, 2.24) is 4.90 Å². The summed E-state index contributed by atoms with van der Waals surface area (Å²) in [4.78, 5) is 26.2. The first-order chi connectivity index (χ1) is 10.4. The number of rotatable bonds is 5. The lowest BCUT2D eigenvalue weighted by molar-refractivity contribution is -0.128. The van der Waals surface area contributed by atoms with Gasteiger partial charge in [-0.25, -0.2) is 0 Å². The van der Waals surface area contributed by atoms with E-state index in [0.717, 1.165) is 28.7 Å². The molecule has 4 nitrogen and oxygen atoms in total. The summed E-state index contributed by atoms with van der Waals surface area (Å²) in [6.45, 7) is 7.55. The Balaban J connectivity index is 1.95. The fourth-order valence-corrected chi connectivity index (χ4v) is 3.13. The molecule has 1 aliphatic heterocycles. The molecule has 0 spiro atoms. The molecule has 1 N–H and O–H groups in total. The third-order valence-corrected chi connectivity index (χ3v) is 4.60. The summed E-state index contributed by atoms with van der Waals surface area (Å²) < 4.78 is 0.863. The van der Waals surface area contributed by atoms with Gasteiger partial charge in [-0.05, 0) is 52.9 Å². The second kappa shape index (κ2) is 7.27. The quantitative estimate of drug-likeness (QED) is 0.865. The van der Waals surface area contributed by atoms with E-state index in [-0.39, 0.29) is 17.7 Å². The average molecular weight is 367 g/mol. The summed E-state index contributed by atoms with van der Waals surface area (Å²) >= 11 is 3.46. The smallest absolute Gasteiger partial charge is 0.229 e. The summed E-state index contributed by atoms with van der Waals surface area (Å²) in [7, 11) is 0. The summed E-state index contributed by atoms with van der Waals surface area (Å²) in [5, 5.41) is 2.92. The van der Waals surface area contributed by atoms with Gasteiger partial charge in [-0.1, -0.05) is 19.9 Å². The molecule has 0 bridgehead atoms. The van der Waals surface area contributed by atoms with Crippen molar-refractivity contribution in [2.24, 2.45) is 11.8 Å². The van der Waals surface area contributed by atoms with Gasteiger partial charge in [0.2, 0.25) is 11.8 Å². The van der Waals surface area contributed by atoms with Gasteiger partial charge in [-0.15, -0.1) is 0 Å². The third kappa shape index (κ3) is 4.32. The lowest BCUT2D eigenvalue weighted by Gasteiger charge is -2.18. The summed E-state index contributed by atoms with van der Waals surface area (Å²) in [6.07, 6.45) is 1.29. The Morgan fingerprint density at radius 3 is 2.82 bits per heavy atom. The van der Waals surface area contributed by atoms with Gasteiger partial charge in [0.25, 0.3) is 0 Å². The van der Waals surface area contributed by atoms with Crippen LogP contribution in [0.25, 0.3) is 0 Å². The molecule has 2 rings (SSSR count). The van der Waals surface area contributed by atoms with Crippen LogP contribution in [0.2, 0.25) is 0 Å². The number of carbonyl (C=O) groups is 2. The topological polar surface area (TPSA) is 49.4 Å². The molecule has 1 aromatic carbocycles. The van der Waals surface area contributed by atoms with Crippen LogP contribution in [0.1, 0.15) is 32.3 Å². The molecule has 0 aromatic heterocycles. The minimum absolute atomic E-state index is 0.0787. The molecule has 1 heterocycles. The van der Waals surface area contributed by atoms with E-state index >= 15 is 0 Å². The molecular formula is C17H23BrN2O2. The number of benzene rings is 1. The summed E-state index contributed by atoms with van der Waals surface area (Å²) in [5.74, 6) is 0.311. The van der Waals surface area contributed by atoms with Crippen LogP contribution in [0.5, 0.6) is 0 Å². The Morgan fingerprint density at radius 2 is 2.18 bits per heavy atom.